The fourth-order valence-corrected chi connectivity index (χ4v) is 2.38. The van der Waals surface area contributed by atoms with Crippen LogP contribution in [0.15, 0.2) is 23.4 Å². The maximum absolute atomic E-state index is 11.8. The molecule has 0 saturated carbocycles. The van der Waals surface area contributed by atoms with E-state index in [-0.39, 0.29) is 5.03 Å². The van der Waals surface area contributed by atoms with E-state index in [1.165, 1.54) is 11.1 Å². The first-order chi connectivity index (χ1) is 8.45. The van der Waals surface area contributed by atoms with Crippen LogP contribution in [-0.2, 0) is 16.6 Å². The summed E-state index contributed by atoms with van der Waals surface area (Å²) in [4.78, 5) is 6.30. The Balaban J connectivity index is 2.70. The van der Waals surface area contributed by atoms with Crippen LogP contribution in [0.5, 0.6) is 0 Å². The molecule has 0 aromatic carbocycles. The molecule has 6 nitrogen and oxygen atoms in total. The summed E-state index contributed by atoms with van der Waals surface area (Å²) < 4.78 is 23.6. The molecule has 0 amide bonds. The maximum Gasteiger partial charge on any atom is 0.270 e. The molecule has 0 fully saturated rings. The van der Waals surface area contributed by atoms with E-state index in [1.54, 1.807) is 26.4 Å². The summed E-state index contributed by atoms with van der Waals surface area (Å²) in [5.74, 6) is 0. The average Bonchev–Trinajstić information content (AvgIpc) is 2.28. The van der Waals surface area contributed by atoms with Crippen LogP contribution < -0.4 is 10.1 Å². The summed E-state index contributed by atoms with van der Waals surface area (Å²) in [5, 5.41) is 4.62. The van der Waals surface area contributed by atoms with Crippen molar-refractivity contribution in [3.63, 3.8) is 0 Å². The first kappa shape index (κ1) is 15.0. The molecule has 0 radical (unpaired) electrons. The van der Waals surface area contributed by atoms with Gasteiger partial charge >= 0.3 is 0 Å². The lowest BCUT2D eigenvalue weighted by atomic mass is 10.3. The molecule has 1 rings (SSSR count). The molecular formula is C11H20N4O2S. The van der Waals surface area contributed by atoms with Crippen molar-refractivity contribution < 1.29 is 8.42 Å². The average molecular weight is 272 g/mol. The summed E-state index contributed by atoms with van der Waals surface area (Å²) in [6, 6.07) is 3.27. The summed E-state index contributed by atoms with van der Waals surface area (Å²) in [5.41, 5.74) is 0.965. The molecule has 0 atom stereocenters. The van der Waals surface area contributed by atoms with Crippen molar-refractivity contribution in [2.75, 3.05) is 20.6 Å². The second-order valence-corrected chi connectivity index (χ2v) is 5.78. The van der Waals surface area contributed by atoms with Crippen molar-refractivity contribution in [2.45, 2.75) is 24.9 Å². The number of sulfonamides is 1. The minimum absolute atomic E-state index is 0.0236. The molecule has 0 aliphatic heterocycles. The maximum atomic E-state index is 11.8. The van der Waals surface area contributed by atoms with Gasteiger partial charge < -0.3 is 5.32 Å². The third-order valence-electron chi connectivity index (χ3n) is 2.13. The number of hydrazine groups is 1. The van der Waals surface area contributed by atoms with Gasteiger partial charge in [-0.05, 0) is 24.6 Å². The molecule has 0 saturated heterocycles. The second-order valence-electron chi connectivity index (χ2n) is 4.17. The van der Waals surface area contributed by atoms with Gasteiger partial charge in [-0.1, -0.05) is 13.0 Å². The van der Waals surface area contributed by atoms with E-state index in [4.69, 9.17) is 0 Å². The van der Waals surface area contributed by atoms with Crippen LogP contribution in [0.3, 0.4) is 0 Å². The Morgan fingerprint density at radius 3 is 2.56 bits per heavy atom. The number of nitrogens with one attached hydrogen (secondary N) is 2. The van der Waals surface area contributed by atoms with Crippen LogP contribution >= 0.6 is 0 Å². The molecule has 7 heteroatoms. The summed E-state index contributed by atoms with van der Waals surface area (Å²) in [7, 11) is -0.334. The minimum atomic E-state index is -3.56. The molecule has 0 unspecified atom stereocenters. The summed E-state index contributed by atoms with van der Waals surface area (Å²) >= 11 is 0. The lowest BCUT2D eigenvalue weighted by Crippen LogP contribution is -2.36. The smallest absolute Gasteiger partial charge is 0.270 e. The molecule has 0 aliphatic rings. The first-order valence-corrected chi connectivity index (χ1v) is 7.29. The summed E-state index contributed by atoms with van der Waals surface area (Å²) in [6.45, 7) is 3.72. The highest BCUT2D eigenvalue weighted by Crippen LogP contribution is 2.06. The lowest BCUT2D eigenvalue weighted by molar-refractivity contribution is 0.363. The Bertz CT molecular complexity index is 456. The van der Waals surface area contributed by atoms with Crippen LogP contribution in [0.4, 0.5) is 0 Å². The van der Waals surface area contributed by atoms with Gasteiger partial charge in [0.05, 0.1) is 0 Å². The first-order valence-electron chi connectivity index (χ1n) is 5.81. The number of nitrogens with zero attached hydrogens (tertiary/aromatic N) is 2. The van der Waals surface area contributed by atoms with Gasteiger partial charge in [0.25, 0.3) is 10.0 Å². The van der Waals surface area contributed by atoms with Gasteiger partial charge in [-0.25, -0.2) is 18.4 Å². The van der Waals surface area contributed by atoms with Crippen molar-refractivity contribution in [3.8, 4) is 0 Å². The van der Waals surface area contributed by atoms with E-state index < -0.39 is 10.0 Å². The Morgan fingerprint density at radius 2 is 2.06 bits per heavy atom. The minimum Gasteiger partial charge on any atom is -0.313 e. The highest BCUT2D eigenvalue weighted by molar-refractivity contribution is 7.89. The Kier molecular flexibility index (Phi) is 5.67. The molecule has 0 spiro atoms. The van der Waals surface area contributed by atoms with Gasteiger partial charge in [-0.2, -0.15) is 0 Å². The van der Waals surface area contributed by atoms with Crippen LogP contribution in [0, 0.1) is 0 Å². The largest absolute Gasteiger partial charge is 0.313 e. The molecule has 18 heavy (non-hydrogen) atoms. The quantitative estimate of drug-likeness (QED) is 0.553. The molecule has 0 aliphatic carbocycles. The number of rotatable bonds is 7. The van der Waals surface area contributed by atoms with Crippen molar-refractivity contribution in [3.05, 3.63) is 23.9 Å². The topological polar surface area (TPSA) is 74.3 Å². The Morgan fingerprint density at radius 1 is 1.33 bits per heavy atom. The van der Waals surface area contributed by atoms with Crippen LogP contribution in [0.2, 0.25) is 0 Å². The SMILES string of the molecule is CCCNCc1ccc(S(=O)(=O)NN(C)C)nc1. The predicted octanol–water partition coefficient (Wildman–Crippen LogP) is 0.336. The monoisotopic (exact) mass is 272 g/mol. The van der Waals surface area contributed by atoms with Crippen molar-refractivity contribution >= 4 is 10.0 Å². The lowest BCUT2D eigenvalue weighted by Gasteiger charge is -2.12. The third kappa shape index (κ3) is 4.69. The molecule has 2 N–H and O–H groups in total. The van der Waals surface area contributed by atoms with Gasteiger partial charge in [-0.15, -0.1) is 4.83 Å². The Labute approximate surface area is 108 Å². The second kappa shape index (κ2) is 6.79. The van der Waals surface area contributed by atoms with E-state index in [9.17, 15) is 8.42 Å². The summed E-state index contributed by atoms with van der Waals surface area (Å²) in [6.07, 6.45) is 2.64. The number of hydrogen-bond acceptors (Lipinski definition) is 5. The molecule has 1 heterocycles. The van der Waals surface area contributed by atoms with Crippen LogP contribution in [0.25, 0.3) is 0 Å². The van der Waals surface area contributed by atoms with Gasteiger partial charge in [0.2, 0.25) is 0 Å². The van der Waals surface area contributed by atoms with E-state index in [1.807, 2.05) is 0 Å². The van der Waals surface area contributed by atoms with E-state index in [0.29, 0.717) is 6.54 Å². The van der Waals surface area contributed by atoms with E-state index >= 15 is 0 Å². The van der Waals surface area contributed by atoms with Crippen LogP contribution in [-0.4, -0.2) is 39.1 Å². The highest BCUT2D eigenvalue weighted by atomic mass is 32.2. The molecule has 1 aromatic heterocycles. The zero-order valence-corrected chi connectivity index (χ0v) is 11.8. The van der Waals surface area contributed by atoms with Gasteiger partial charge in [0.15, 0.2) is 5.03 Å². The molecule has 1 aromatic rings. The van der Waals surface area contributed by atoms with Crippen LogP contribution in [0.1, 0.15) is 18.9 Å². The van der Waals surface area contributed by atoms with Gasteiger partial charge in [0, 0.05) is 26.8 Å². The van der Waals surface area contributed by atoms with Gasteiger partial charge in [0.1, 0.15) is 0 Å². The molecular weight excluding hydrogens is 252 g/mol. The van der Waals surface area contributed by atoms with Crippen molar-refractivity contribution in [1.82, 2.24) is 20.1 Å². The van der Waals surface area contributed by atoms with Crippen molar-refractivity contribution in [2.24, 2.45) is 0 Å². The standard InChI is InChI=1S/C11H20N4O2S/c1-4-7-12-8-10-5-6-11(13-9-10)18(16,17)14-15(2)3/h5-6,9,12,14H,4,7-8H2,1-3H3. The third-order valence-corrected chi connectivity index (χ3v) is 3.53. The number of aromatic nitrogens is 1. The van der Waals surface area contributed by atoms with Gasteiger partial charge in [-0.3, -0.25) is 0 Å². The zero-order valence-electron chi connectivity index (χ0n) is 11.0. The molecule has 0 bridgehead atoms. The molecule has 102 valence electrons. The zero-order chi connectivity index (χ0) is 13.6. The highest BCUT2D eigenvalue weighted by Gasteiger charge is 2.15. The van der Waals surface area contributed by atoms with E-state index in [2.05, 4.69) is 22.1 Å². The number of hydrogen-bond donors (Lipinski definition) is 2. The number of pyridine rings is 1. The fourth-order valence-electron chi connectivity index (χ4n) is 1.37. The fraction of sp³-hybridized carbons (Fsp3) is 0.545. The Hall–Kier alpha value is -1.02. The van der Waals surface area contributed by atoms with E-state index in [0.717, 1.165) is 18.5 Å². The van der Waals surface area contributed by atoms with Crippen molar-refractivity contribution in [1.29, 1.82) is 0 Å². The normalized spacial score (nSPS) is 12.0. The predicted molar refractivity (Wildman–Crippen MR) is 70.2 cm³/mol.